The van der Waals surface area contributed by atoms with Gasteiger partial charge in [0.2, 0.25) is 5.91 Å². The predicted octanol–water partition coefficient (Wildman–Crippen LogP) is 3.81. The molecule has 5 heteroatoms. The molecular weight excluding hydrogens is 319 g/mol. The Labute approximate surface area is 143 Å². The molecule has 2 fully saturated rings. The second kappa shape index (κ2) is 7.67. The van der Waals surface area contributed by atoms with Crippen molar-refractivity contribution in [3.63, 3.8) is 0 Å². The van der Waals surface area contributed by atoms with Gasteiger partial charge in [0.1, 0.15) is 0 Å². The molecule has 22 heavy (non-hydrogen) atoms. The quantitative estimate of drug-likeness (QED) is 0.902. The van der Waals surface area contributed by atoms with Gasteiger partial charge in [-0.3, -0.25) is 4.79 Å². The molecule has 1 aliphatic heterocycles. The van der Waals surface area contributed by atoms with Crippen molar-refractivity contribution in [3.05, 3.63) is 34.9 Å². The van der Waals surface area contributed by atoms with Crippen molar-refractivity contribution in [2.24, 2.45) is 5.92 Å². The van der Waals surface area contributed by atoms with E-state index in [-0.39, 0.29) is 24.4 Å². The van der Waals surface area contributed by atoms with Crippen LogP contribution in [-0.4, -0.2) is 29.9 Å². The van der Waals surface area contributed by atoms with E-state index in [2.05, 4.69) is 17.1 Å². The minimum absolute atomic E-state index is 0. The lowest BCUT2D eigenvalue weighted by molar-refractivity contribution is -0.139. The molecule has 122 valence electrons. The van der Waals surface area contributed by atoms with Gasteiger partial charge in [-0.15, -0.1) is 12.4 Å². The molecule has 1 saturated carbocycles. The highest BCUT2D eigenvalue weighted by molar-refractivity contribution is 6.31. The number of carbonyl (C=O) groups is 1. The predicted molar refractivity (Wildman–Crippen MR) is 92.6 cm³/mol. The molecule has 0 radical (unpaired) electrons. The van der Waals surface area contributed by atoms with Crippen molar-refractivity contribution >= 4 is 29.9 Å². The summed E-state index contributed by atoms with van der Waals surface area (Å²) in [5.74, 6) is 0.503. The smallest absolute Gasteiger partial charge is 0.226 e. The summed E-state index contributed by atoms with van der Waals surface area (Å²) in [4.78, 5) is 15.1. The molecule has 2 aliphatic rings. The van der Waals surface area contributed by atoms with Crippen LogP contribution in [0.5, 0.6) is 0 Å². The highest BCUT2D eigenvalue weighted by atomic mass is 35.5. The summed E-state index contributed by atoms with van der Waals surface area (Å²) in [6.45, 7) is 4.02. The number of nitrogens with one attached hydrogen (secondary N) is 1. The van der Waals surface area contributed by atoms with Crippen LogP contribution >= 0.6 is 24.0 Å². The maximum Gasteiger partial charge on any atom is 0.226 e. The van der Waals surface area contributed by atoms with Gasteiger partial charge in [-0.1, -0.05) is 29.8 Å². The van der Waals surface area contributed by atoms with Gasteiger partial charge in [0.15, 0.2) is 0 Å². The molecule has 1 heterocycles. The fourth-order valence-corrected chi connectivity index (χ4v) is 3.58. The normalized spacial score (nSPS) is 20.1. The zero-order valence-corrected chi connectivity index (χ0v) is 14.5. The maximum absolute atomic E-state index is 13.0. The van der Waals surface area contributed by atoms with E-state index in [0.29, 0.717) is 11.9 Å². The maximum atomic E-state index is 13.0. The highest BCUT2D eigenvalue weighted by Crippen LogP contribution is 2.38. The molecule has 3 rings (SSSR count). The number of halogens is 2. The van der Waals surface area contributed by atoms with Gasteiger partial charge in [0, 0.05) is 17.0 Å². The summed E-state index contributed by atoms with van der Waals surface area (Å²) in [6.07, 6.45) is 4.17. The lowest BCUT2D eigenvalue weighted by Crippen LogP contribution is -2.43. The number of nitrogens with zero attached hydrogens (tertiary/aromatic N) is 1. The van der Waals surface area contributed by atoms with E-state index >= 15 is 0 Å². The number of amides is 1. The first-order valence-corrected chi connectivity index (χ1v) is 8.33. The van der Waals surface area contributed by atoms with E-state index in [1.807, 2.05) is 24.3 Å². The zero-order valence-electron chi connectivity index (χ0n) is 12.9. The van der Waals surface area contributed by atoms with E-state index in [1.165, 1.54) is 0 Å². The second-order valence-electron chi connectivity index (χ2n) is 6.20. The zero-order chi connectivity index (χ0) is 14.8. The standard InChI is InChI=1S/C17H23ClN2O.ClH/c1-12(15-4-2-3-5-16(15)18)20(14-6-7-14)17(21)13-8-10-19-11-9-13;/h2-5,12-14,19H,6-11H2,1H3;1H. The van der Waals surface area contributed by atoms with Crippen molar-refractivity contribution in [1.29, 1.82) is 0 Å². The Bertz CT molecular complexity index is 513. The molecule has 1 saturated heterocycles. The van der Waals surface area contributed by atoms with Crippen LogP contribution in [0.1, 0.15) is 44.2 Å². The van der Waals surface area contributed by atoms with Crippen molar-refractivity contribution in [2.75, 3.05) is 13.1 Å². The summed E-state index contributed by atoms with van der Waals surface area (Å²) in [6, 6.07) is 8.37. The summed E-state index contributed by atoms with van der Waals surface area (Å²) in [5.41, 5.74) is 1.06. The highest BCUT2D eigenvalue weighted by Gasteiger charge is 2.39. The van der Waals surface area contributed by atoms with E-state index in [0.717, 1.165) is 49.4 Å². The van der Waals surface area contributed by atoms with E-state index in [1.54, 1.807) is 0 Å². The molecule has 0 aromatic heterocycles. The molecule has 1 atom stereocenters. The first-order chi connectivity index (χ1) is 10.2. The lowest BCUT2D eigenvalue weighted by Gasteiger charge is -2.34. The summed E-state index contributed by atoms with van der Waals surface area (Å²) >= 11 is 6.33. The van der Waals surface area contributed by atoms with Crippen molar-refractivity contribution < 1.29 is 4.79 Å². The number of rotatable bonds is 4. The van der Waals surface area contributed by atoms with E-state index in [4.69, 9.17) is 11.6 Å². The topological polar surface area (TPSA) is 32.3 Å². The van der Waals surface area contributed by atoms with Crippen molar-refractivity contribution in [2.45, 2.75) is 44.7 Å². The monoisotopic (exact) mass is 342 g/mol. The van der Waals surface area contributed by atoms with Crippen LogP contribution in [0.4, 0.5) is 0 Å². The van der Waals surface area contributed by atoms with E-state index in [9.17, 15) is 4.79 Å². The number of hydrogen-bond acceptors (Lipinski definition) is 2. The fraction of sp³-hybridized carbons (Fsp3) is 0.588. The van der Waals surface area contributed by atoms with Gasteiger partial charge >= 0.3 is 0 Å². The van der Waals surface area contributed by atoms with Gasteiger partial charge in [-0.05, 0) is 57.3 Å². The van der Waals surface area contributed by atoms with Gasteiger partial charge in [-0.2, -0.15) is 0 Å². The minimum atomic E-state index is 0. The number of hydrogen-bond donors (Lipinski definition) is 1. The number of piperidine rings is 1. The molecule has 0 bridgehead atoms. The summed E-state index contributed by atoms with van der Waals surface area (Å²) < 4.78 is 0. The first kappa shape index (κ1) is 17.6. The SMILES string of the molecule is CC(c1ccccc1Cl)N(C(=O)C1CCNCC1)C1CC1.Cl. The van der Waals surface area contributed by atoms with Gasteiger partial charge < -0.3 is 10.2 Å². The Kier molecular flexibility index (Phi) is 6.13. The molecule has 1 aromatic carbocycles. The lowest BCUT2D eigenvalue weighted by atomic mass is 9.95. The van der Waals surface area contributed by atoms with Gasteiger partial charge in [0.05, 0.1) is 6.04 Å². The minimum Gasteiger partial charge on any atom is -0.333 e. The van der Waals surface area contributed by atoms with Crippen LogP contribution in [0, 0.1) is 5.92 Å². The Morgan fingerprint density at radius 3 is 2.45 bits per heavy atom. The van der Waals surface area contributed by atoms with Crippen LogP contribution in [0.15, 0.2) is 24.3 Å². The van der Waals surface area contributed by atoms with Crippen LogP contribution in [0.2, 0.25) is 5.02 Å². The molecule has 3 nitrogen and oxygen atoms in total. The summed E-state index contributed by atoms with van der Waals surface area (Å²) in [7, 11) is 0. The fourth-order valence-electron chi connectivity index (χ4n) is 3.28. The number of benzene rings is 1. The number of carbonyl (C=O) groups excluding carboxylic acids is 1. The molecular formula is C17H24Cl2N2O. The van der Waals surface area contributed by atoms with Crippen LogP contribution in [-0.2, 0) is 4.79 Å². The Balaban J connectivity index is 0.00000176. The molecule has 1 N–H and O–H groups in total. The third-order valence-corrected chi connectivity index (χ3v) is 5.00. The van der Waals surface area contributed by atoms with Crippen molar-refractivity contribution in [3.8, 4) is 0 Å². The third kappa shape index (κ3) is 3.76. The van der Waals surface area contributed by atoms with Gasteiger partial charge in [-0.25, -0.2) is 0 Å². The average molecular weight is 343 g/mol. The first-order valence-electron chi connectivity index (χ1n) is 7.96. The second-order valence-corrected chi connectivity index (χ2v) is 6.61. The van der Waals surface area contributed by atoms with Crippen molar-refractivity contribution in [1.82, 2.24) is 10.2 Å². The third-order valence-electron chi connectivity index (χ3n) is 4.66. The van der Waals surface area contributed by atoms with Gasteiger partial charge in [0.25, 0.3) is 0 Å². The Hall–Kier alpha value is -0.770. The van der Waals surface area contributed by atoms with Crippen LogP contribution in [0.3, 0.4) is 0 Å². The van der Waals surface area contributed by atoms with Crippen LogP contribution < -0.4 is 5.32 Å². The van der Waals surface area contributed by atoms with E-state index < -0.39 is 0 Å². The molecule has 1 aliphatic carbocycles. The molecule has 1 aromatic rings. The van der Waals surface area contributed by atoms with Crippen LogP contribution in [0.25, 0.3) is 0 Å². The Morgan fingerprint density at radius 1 is 1.23 bits per heavy atom. The summed E-state index contributed by atoms with van der Waals surface area (Å²) in [5, 5.41) is 4.09. The molecule has 0 spiro atoms. The molecule has 1 amide bonds. The Morgan fingerprint density at radius 2 is 1.86 bits per heavy atom. The molecule has 1 unspecified atom stereocenters. The largest absolute Gasteiger partial charge is 0.333 e. The average Bonchev–Trinajstić information content (AvgIpc) is 3.33.